The maximum absolute atomic E-state index is 11.9. The molecule has 1 heterocycles. The molecule has 0 fully saturated rings. The molecule has 1 amide bonds. The SMILES string of the molecule is CCCC(=O)NCc1nnc(SCc2ccccc2C)n1-c1cc(Cl)ccc1Cl. The Morgan fingerprint density at radius 3 is 2.72 bits per heavy atom. The molecule has 0 saturated carbocycles. The van der Waals surface area contributed by atoms with E-state index in [0.29, 0.717) is 33.1 Å². The summed E-state index contributed by atoms with van der Waals surface area (Å²) in [6, 6.07) is 13.5. The molecule has 0 saturated heterocycles. The van der Waals surface area contributed by atoms with Crippen LogP contribution < -0.4 is 5.32 Å². The van der Waals surface area contributed by atoms with Gasteiger partial charge < -0.3 is 5.32 Å². The molecule has 0 bridgehead atoms. The third-order valence-electron chi connectivity index (χ3n) is 4.39. The molecule has 2 aromatic carbocycles. The van der Waals surface area contributed by atoms with E-state index in [2.05, 4.69) is 34.6 Å². The van der Waals surface area contributed by atoms with Crippen molar-refractivity contribution in [3.05, 3.63) is 69.5 Å². The van der Waals surface area contributed by atoms with Crippen LogP contribution in [-0.2, 0) is 17.1 Å². The van der Waals surface area contributed by atoms with Crippen molar-refractivity contribution in [1.29, 1.82) is 0 Å². The highest BCUT2D eigenvalue weighted by molar-refractivity contribution is 7.98. The summed E-state index contributed by atoms with van der Waals surface area (Å²) in [4.78, 5) is 11.9. The summed E-state index contributed by atoms with van der Waals surface area (Å²) in [5, 5.41) is 13.3. The number of nitrogens with zero attached hydrogens (tertiary/aromatic N) is 3. The van der Waals surface area contributed by atoms with Crippen molar-refractivity contribution in [2.75, 3.05) is 0 Å². The third-order valence-corrected chi connectivity index (χ3v) is 5.92. The Labute approximate surface area is 184 Å². The predicted molar refractivity (Wildman–Crippen MR) is 119 cm³/mol. The third kappa shape index (κ3) is 5.53. The number of nitrogens with one attached hydrogen (secondary N) is 1. The van der Waals surface area contributed by atoms with Crippen molar-refractivity contribution in [3.8, 4) is 5.69 Å². The highest BCUT2D eigenvalue weighted by Gasteiger charge is 2.18. The average molecular weight is 449 g/mol. The van der Waals surface area contributed by atoms with E-state index in [1.54, 1.807) is 30.0 Å². The van der Waals surface area contributed by atoms with Gasteiger partial charge in [0.1, 0.15) is 0 Å². The van der Waals surface area contributed by atoms with Gasteiger partial charge in [-0.1, -0.05) is 66.2 Å². The van der Waals surface area contributed by atoms with Crippen LogP contribution in [0.3, 0.4) is 0 Å². The maximum atomic E-state index is 11.9. The summed E-state index contributed by atoms with van der Waals surface area (Å²) in [5.41, 5.74) is 3.14. The quantitative estimate of drug-likeness (QED) is 0.456. The van der Waals surface area contributed by atoms with E-state index in [4.69, 9.17) is 23.2 Å². The van der Waals surface area contributed by atoms with Gasteiger partial charge in [0.2, 0.25) is 5.91 Å². The second-order valence-electron chi connectivity index (χ2n) is 6.57. The number of carbonyl (C=O) groups is 1. The Morgan fingerprint density at radius 1 is 1.17 bits per heavy atom. The van der Waals surface area contributed by atoms with Crippen LogP contribution in [0.4, 0.5) is 0 Å². The van der Waals surface area contributed by atoms with Crippen LogP contribution in [0.25, 0.3) is 5.69 Å². The number of amides is 1. The first-order chi connectivity index (χ1) is 14.0. The minimum absolute atomic E-state index is 0.0200. The molecule has 0 unspecified atom stereocenters. The number of rotatable bonds is 8. The van der Waals surface area contributed by atoms with Gasteiger partial charge in [-0.15, -0.1) is 10.2 Å². The molecule has 5 nitrogen and oxygen atoms in total. The summed E-state index contributed by atoms with van der Waals surface area (Å²) >= 11 is 14.2. The van der Waals surface area contributed by atoms with E-state index < -0.39 is 0 Å². The first kappa shape index (κ1) is 21.7. The molecule has 1 aromatic heterocycles. The van der Waals surface area contributed by atoms with Crippen molar-refractivity contribution in [2.24, 2.45) is 0 Å². The Hall–Kier alpha value is -2.02. The number of carbonyl (C=O) groups excluding carboxylic acids is 1. The molecule has 0 aliphatic heterocycles. The fourth-order valence-corrected chi connectivity index (χ4v) is 4.22. The van der Waals surface area contributed by atoms with Gasteiger partial charge in [-0.25, -0.2) is 0 Å². The number of hydrogen-bond donors (Lipinski definition) is 1. The molecule has 3 aromatic rings. The summed E-state index contributed by atoms with van der Waals surface area (Å²) in [7, 11) is 0. The molecule has 152 valence electrons. The number of thioether (sulfide) groups is 1. The minimum Gasteiger partial charge on any atom is -0.349 e. The number of halogens is 2. The zero-order chi connectivity index (χ0) is 20.8. The normalized spacial score (nSPS) is 10.9. The smallest absolute Gasteiger partial charge is 0.220 e. The molecule has 0 aliphatic rings. The lowest BCUT2D eigenvalue weighted by atomic mass is 10.1. The fraction of sp³-hybridized carbons (Fsp3) is 0.286. The Bertz CT molecular complexity index is 1010. The zero-order valence-corrected chi connectivity index (χ0v) is 18.6. The van der Waals surface area contributed by atoms with Gasteiger partial charge in [0.05, 0.1) is 17.3 Å². The summed E-state index contributed by atoms with van der Waals surface area (Å²) in [6.07, 6.45) is 1.26. The second kappa shape index (κ2) is 10.1. The molecule has 0 aliphatic carbocycles. The lowest BCUT2D eigenvalue weighted by Crippen LogP contribution is -2.24. The maximum Gasteiger partial charge on any atom is 0.220 e. The number of hydrogen-bond acceptors (Lipinski definition) is 4. The predicted octanol–water partition coefficient (Wildman–Crippen LogP) is 5.59. The number of aryl methyl sites for hydroxylation is 1. The highest BCUT2D eigenvalue weighted by Crippen LogP contribution is 2.31. The van der Waals surface area contributed by atoms with Crippen molar-refractivity contribution in [2.45, 2.75) is 44.1 Å². The van der Waals surface area contributed by atoms with Gasteiger partial charge in [0.25, 0.3) is 0 Å². The van der Waals surface area contributed by atoms with E-state index in [1.807, 2.05) is 23.6 Å². The standard InChI is InChI=1S/C21H22Cl2N4OS/c1-3-6-20(28)24-12-19-25-26-21(29-13-15-8-5-4-7-14(15)2)27(19)18-11-16(22)9-10-17(18)23/h4-5,7-11H,3,6,12-13H2,1-2H3,(H,24,28). The van der Waals surface area contributed by atoms with Crippen LogP contribution in [0.15, 0.2) is 47.6 Å². The first-order valence-electron chi connectivity index (χ1n) is 9.33. The summed E-state index contributed by atoms with van der Waals surface area (Å²) in [6.45, 7) is 4.32. The van der Waals surface area contributed by atoms with Crippen molar-refractivity contribution >= 4 is 40.9 Å². The fourth-order valence-electron chi connectivity index (χ4n) is 2.81. The van der Waals surface area contributed by atoms with Crippen molar-refractivity contribution in [1.82, 2.24) is 20.1 Å². The Morgan fingerprint density at radius 2 is 1.97 bits per heavy atom. The van der Waals surface area contributed by atoms with Crippen LogP contribution in [0.2, 0.25) is 10.0 Å². The Balaban J connectivity index is 1.92. The number of aromatic nitrogens is 3. The summed E-state index contributed by atoms with van der Waals surface area (Å²) in [5.74, 6) is 1.32. The van der Waals surface area contributed by atoms with Crippen molar-refractivity contribution < 1.29 is 4.79 Å². The summed E-state index contributed by atoms with van der Waals surface area (Å²) < 4.78 is 1.86. The van der Waals surface area contributed by atoms with E-state index in [0.717, 1.165) is 12.2 Å². The first-order valence-corrected chi connectivity index (χ1v) is 11.1. The molecule has 0 atom stereocenters. The van der Waals surface area contributed by atoms with E-state index in [9.17, 15) is 4.79 Å². The van der Waals surface area contributed by atoms with Crippen LogP contribution >= 0.6 is 35.0 Å². The van der Waals surface area contributed by atoms with Crippen LogP contribution in [0.5, 0.6) is 0 Å². The zero-order valence-electron chi connectivity index (χ0n) is 16.3. The van der Waals surface area contributed by atoms with Crippen LogP contribution in [-0.4, -0.2) is 20.7 Å². The van der Waals surface area contributed by atoms with Crippen LogP contribution in [0, 0.1) is 6.92 Å². The lowest BCUT2D eigenvalue weighted by Gasteiger charge is -2.13. The van der Waals surface area contributed by atoms with E-state index in [-0.39, 0.29) is 12.5 Å². The molecule has 1 N–H and O–H groups in total. The molecule has 29 heavy (non-hydrogen) atoms. The number of benzene rings is 2. The topological polar surface area (TPSA) is 59.8 Å². The molecule has 0 radical (unpaired) electrons. The van der Waals surface area contributed by atoms with Crippen molar-refractivity contribution in [3.63, 3.8) is 0 Å². The molecular weight excluding hydrogens is 427 g/mol. The molecule has 0 spiro atoms. The van der Waals surface area contributed by atoms with Gasteiger partial charge in [-0.3, -0.25) is 9.36 Å². The molecule has 8 heteroatoms. The largest absolute Gasteiger partial charge is 0.349 e. The molecule has 3 rings (SSSR count). The minimum atomic E-state index is -0.0200. The monoisotopic (exact) mass is 448 g/mol. The lowest BCUT2D eigenvalue weighted by molar-refractivity contribution is -0.121. The second-order valence-corrected chi connectivity index (χ2v) is 8.36. The van der Waals surface area contributed by atoms with Gasteiger partial charge in [0.15, 0.2) is 11.0 Å². The van der Waals surface area contributed by atoms with Gasteiger partial charge >= 0.3 is 0 Å². The Kier molecular flexibility index (Phi) is 7.58. The average Bonchev–Trinajstić information content (AvgIpc) is 3.10. The van der Waals surface area contributed by atoms with Gasteiger partial charge in [-0.05, 0) is 42.7 Å². The molecular formula is C21H22Cl2N4OS. The highest BCUT2D eigenvalue weighted by atomic mass is 35.5. The van der Waals surface area contributed by atoms with Crippen LogP contribution in [0.1, 0.15) is 36.7 Å². The van der Waals surface area contributed by atoms with E-state index in [1.165, 1.54) is 11.1 Å². The van der Waals surface area contributed by atoms with Gasteiger partial charge in [0, 0.05) is 17.2 Å². The van der Waals surface area contributed by atoms with E-state index >= 15 is 0 Å². The van der Waals surface area contributed by atoms with Gasteiger partial charge in [-0.2, -0.15) is 0 Å².